The Labute approximate surface area is 78.7 Å². The summed E-state index contributed by atoms with van der Waals surface area (Å²) in [6.07, 6.45) is 10.0. The summed E-state index contributed by atoms with van der Waals surface area (Å²) in [6, 6.07) is 0.0566. The van der Waals surface area contributed by atoms with Crippen molar-refractivity contribution in [2.45, 2.75) is 25.3 Å². The third kappa shape index (κ3) is 3.34. The van der Waals surface area contributed by atoms with Crippen LogP contribution in [0, 0.1) is 0 Å². The molecule has 1 unspecified atom stereocenters. The van der Waals surface area contributed by atoms with E-state index in [1.807, 2.05) is 6.08 Å². The highest BCUT2D eigenvalue weighted by Gasteiger charge is 2.04. The molecule has 13 heavy (non-hydrogen) atoms. The number of unbranched alkanes of at least 4 members (excludes halogenated alkanes) is 1. The van der Waals surface area contributed by atoms with E-state index in [0.717, 1.165) is 24.8 Å². The topological polar surface area (TPSA) is 51.8 Å². The molecule has 0 fully saturated rings. The molecule has 0 amide bonds. The zero-order valence-corrected chi connectivity index (χ0v) is 7.69. The van der Waals surface area contributed by atoms with Crippen LogP contribution < -0.4 is 5.73 Å². The van der Waals surface area contributed by atoms with Gasteiger partial charge in [0.1, 0.15) is 6.33 Å². The van der Waals surface area contributed by atoms with Gasteiger partial charge in [-0.15, -0.1) is 6.58 Å². The maximum atomic E-state index is 5.92. The Morgan fingerprint density at radius 3 is 2.77 bits per heavy atom. The van der Waals surface area contributed by atoms with Crippen molar-refractivity contribution in [3.63, 3.8) is 0 Å². The standard InChI is InChI=1S/C10H15N3/c1-2-3-4-5-10(11)9-6-12-8-13-7-9/h2,6-8,10H,1,3-5,11H2. The minimum atomic E-state index is 0.0566. The molecule has 3 nitrogen and oxygen atoms in total. The van der Waals surface area contributed by atoms with Crippen molar-refractivity contribution < 1.29 is 0 Å². The summed E-state index contributed by atoms with van der Waals surface area (Å²) in [5.74, 6) is 0. The summed E-state index contributed by atoms with van der Waals surface area (Å²) < 4.78 is 0. The maximum Gasteiger partial charge on any atom is 0.115 e. The molecule has 1 aromatic heterocycles. The first-order valence-electron chi connectivity index (χ1n) is 4.46. The van der Waals surface area contributed by atoms with E-state index in [4.69, 9.17) is 5.73 Å². The van der Waals surface area contributed by atoms with E-state index in [9.17, 15) is 0 Å². The van der Waals surface area contributed by atoms with Gasteiger partial charge in [0, 0.05) is 24.0 Å². The molecule has 2 N–H and O–H groups in total. The summed E-state index contributed by atoms with van der Waals surface area (Å²) in [5, 5.41) is 0. The average molecular weight is 177 g/mol. The summed E-state index contributed by atoms with van der Waals surface area (Å²) in [6.45, 7) is 3.66. The number of hydrogen-bond donors (Lipinski definition) is 1. The average Bonchev–Trinajstić information content (AvgIpc) is 2.19. The molecule has 1 aromatic rings. The summed E-state index contributed by atoms with van der Waals surface area (Å²) in [4.78, 5) is 7.85. The van der Waals surface area contributed by atoms with Crippen LogP contribution in [0.1, 0.15) is 30.9 Å². The van der Waals surface area contributed by atoms with E-state index in [-0.39, 0.29) is 6.04 Å². The van der Waals surface area contributed by atoms with Gasteiger partial charge in [-0.25, -0.2) is 9.97 Å². The largest absolute Gasteiger partial charge is 0.324 e. The van der Waals surface area contributed by atoms with Crippen LogP contribution in [0.3, 0.4) is 0 Å². The van der Waals surface area contributed by atoms with Gasteiger partial charge in [0.15, 0.2) is 0 Å². The van der Waals surface area contributed by atoms with E-state index in [2.05, 4.69) is 16.5 Å². The number of rotatable bonds is 5. The molecule has 0 aliphatic heterocycles. The Hall–Kier alpha value is -1.22. The monoisotopic (exact) mass is 177 g/mol. The molecule has 0 aliphatic rings. The number of allylic oxidation sites excluding steroid dienone is 1. The summed E-state index contributed by atoms with van der Waals surface area (Å²) in [7, 11) is 0. The zero-order chi connectivity index (χ0) is 9.52. The minimum Gasteiger partial charge on any atom is -0.324 e. The Bertz CT molecular complexity index is 246. The van der Waals surface area contributed by atoms with Crippen molar-refractivity contribution >= 4 is 0 Å². The smallest absolute Gasteiger partial charge is 0.115 e. The lowest BCUT2D eigenvalue weighted by Gasteiger charge is -2.09. The van der Waals surface area contributed by atoms with Crippen molar-refractivity contribution in [1.82, 2.24) is 9.97 Å². The molecule has 3 heteroatoms. The molecule has 1 heterocycles. The van der Waals surface area contributed by atoms with Crippen molar-refractivity contribution in [3.8, 4) is 0 Å². The van der Waals surface area contributed by atoms with Gasteiger partial charge in [-0.05, 0) is 19.3 Å². The van der Waals surface area contributed by atoms with Gasteiger partial charge in [0.25, 0.3) is 0 Å². The molecule has 0 saturated carbocycles. The van der Waals surface area contributed by atoms with Gasteiger partial charge in [-0.3, -0.25) is 0 Å². The fourth-order valence-corrected chi connectivity index (χ4v) is 1.15. The van der Waals surface area contributed by atoms with Crippen LogP contribution in [-0.4, -0.2) is 9.97 Å². The zero-order valence-electron chi connectivity index (χ0n) is 7.69. The van der Waals surface area contributed by atoms with Crippen LogP contribution in [0.25, 0.3) is 0 Å². The molecule has 0 spiro atoms. The second kappa shape index (κ2) is 5.43. The maximum absolute atomic E-state index is 5.92. The minimum absolute atomic E-state index is 0.0566. The van der Waals surface area contributed by atoms with E-state index in [0.29, 0.717) is 0 Å². The highest BCUT2D eigenvalue weighted by molar-refractivity contribution is 5.07. The Kier molecular flexibility index (Phi) is 4.12. The van der Waals surface area contributed by atoms with E-state index < -0.39 is 0 Å². The lowest BCUT2D eigenvalue weighted by Crippen LogP contribution is -2.10. The number of nitrogens with zero attached hydrogens (tertiary/aromatic N) is 2. The Morgan fingerprint density at radius 1 is 1.46 bits per heavy atom. The van der Waals surface area contributed by atoms with Crippen LogP contribution >= 0.6 is 0 Å². The van der Waals surface area contributed by atoms with Crippen LogP contribution in [0.2, 0.25) is 0 Å². The Balaban J connectivity index is 2.39. The molecule has 0 saturated heterocycles. The first-order valence-corrected chi connectivity index (χ1v) is 4.46. The first kappa shape index (κ1) is 9.86. The second-order valence-electron chi connectivity index (χ2n) is 3.00. The van der Waals surface area contributed by atoms with Crippen LogP contribution in [-0.2, 0) is 0 Å². The van der Waals surface area contributed by atoms with E-state index >= 15 is 0 Å². The Morgan fingerprint density at radius 2 is 2.15 bits per heavy atom. The van der Waals surface area contributed by atoms with Crippen molar-refractivity contribution in [2.75, 3.05) is 0 Å². The first-order chi connectivity index (χ1) is 6.34. The molecule has 1 atom stereocenters. The number of aromatic nitrogens is 2. The third-order valence-electron chi connectivity index (χ3n) is 1.93. The van der Waals surface area contributed by atoms with Crippen LogP contribution in [0.5, 0.6) is 0 Å². The van der Waals surface area contributed by atoms with Gasteiger partial charge in [0.2, 0.25) is 0 Å². The summed E-state index contributed by atoms with van der Waals surface area (Å²) >= 11 is 0. The predicted molar refractivity (Wildman–Crippen MR) is 53.0 cm³/mol. The normalized spacial score (nSPS) is 12.4. The predicted octanol–water partition coefficient (Wildman–Crippen LogP) is 1.83. The van der Waals surface area contributed by atoms with Gasteiger partial charge < -0.3 is 5.73 Å². The second-order valence-corrected chi connectivity index (χ2v) is 3.00. The lowest BCUT2D eigenvalue weighted by atomic mass is 10.1. The molecule has 0 radical (unpaired) electrons. The van der Waals surface area contributed by atoms with Gasteiger partial charge in [-0.1, -0.05) is 6.08 Å². The molecule has 70 valence electrons. The van der Waals surface area contributed by atoms with Gasteiger partial charge in [-0.2, -0.15) is 0 Å². The van der Waals surface area contributed by atoms with E-state index in [1.54, 1.807) is 12.4 Å². The molecule has 1 rings (SSSR count). The van der Waals surface area contributed by atoms with Gasteiger partial charge >= 0.3 is 0 Å². The number of hydrogen-bond acceptors (Lipinski definition) is 3. The number of nitrogens with two attached hydrogens (primary N) is 1. The molecule has 0 aliphatic carbocycles. The highest BCUT2D eigenvalue weighted by Crippen LogP contribution is 2.14. The van der Waals surface area contributed by atoms with Gasteiger partial charge in [0.05, 0.1) is 0 Å². The molecule has 0 aromatic carbocycles. The molecular formula is C10H15N3. The fourth-order valence-electron chi connectivity index (χ4n) is 1.15. The van der Waals surface area contributed by atoms with Crippen LogP contribution in [0.15, 0.2) is 31.4 Å². The van der Waals surface area contributed by atoms with Crippen molar-refractivity contribution in [1.29, 1.82) is 0 Å². The molecular weight excluding hydrogens is 162 g/mol. The fraction of sp³-hybridized carbons (Fsp3) is 0.400. The van der Waals surface area contributed by atoms with Crippen LogP contribution in [0.4, 0.5) is 0 Å². The molecule has 0 bridgehead atoms. The highest BCUT2D eigenvalue weighted by atomic mass is 14.8. The van der Waals surface area contributed by atoms with E-state index in [1.165, 1.54) is 6.33 Å². The third-order valence-corrected chi connectivity index (χ3v) is 1.93. The lowest BCUT2D eigenvalue weighted by molar-refractivity contribution is 0.613. The quantitative estimate of drug-likeness (QED) is 0.551. The van der Waals surface area contributed by atoms with Crippen molar-refractivity contribution in [3.05, 3.63) is 36.9 Å². The SMILES string of the molecule is C=CCCCC(N)c1cncnc1. The summed E-state index contributed by atoms with van der Waals surface area (Å²) in [5.41, 5.74) is 6.93. The van der Waals surface area contributed by atoms with Crippen molar-refractivity contribution in [2.24, 2.45) is 5.73 Å².